The van der Waals surface area contributed by atoms with Crippen molar-refractivity contribution in [2.75, 3.05) is 19.3 Å². The highest BCUT2D eigenvalue weighted by atomic mass is 32.2. The first-order valence-corrected chi connectivity index (χ1v) is 8.45. The molecule has 20 heavy (non-hydrogen) atoms. The molecule has 1 heterocycles. The lowest BCUT2D eigenvalue weighted by molar-refractivity contribution is 0.0680. The van der Waals surface area contributed by atoms with Crippen molar-refractivity contribution in [3.63, 3.8) is 0 Å². The molecule has 1 aliphatic rings. The number of amides is 1. The zero-order valence-electron chi connectivity index (χ0n) is 12.6. The molecule has 1 aromatic carbocycles. The van der Waals surface area contributed by atoms with E-state index in [0.717, 1.165) is 42.0 Å². The van der Waals surface area contributed by atoms with E-state index in [9.17, 15) is 4.79 Å². The van der Waals surface area contributed by atoms with Crippen molar-refractivity contribution in [2.45, 2.75) is 37.6 Å². The molecule has 110 valence electrons. The number of hydrogen-bond acceptors (Lipinski definition) is 3. The molecule has 1 saturated heterocycles. The number of hydrogen-bond donors (Lipinski definition) is 1. The third kappa shape index (κ3) is 3.36. The topological polar surface area (TPSA) is 46.3 Å². The van der Waals surface area contributed by atoms with Gasteiger partial charge in [0.1, 0.15) is 0 Å². The van der Waals surface area contributed by atoms with E-state index in [2.05, 4.69) is 13.0 Å². The van der Waals surface area contributed by atoms with Crippen LogP contribution in [0.4, 0.5) is 0 Å². The van der Waals surface area contributed by atoms with Crippen molar-refractivity contribution in [3.05, 3.63) is 29.3 Å². The van der Waals surface area contributed by atoms with E-state index in [4.69, 9.17) is 5.73 Å². The van der Waals surface area contributed by atoms with E-state index >= 15 is 0 Å². The summed E-state index contributed by atoms with van der Waals surface area (Å²) in [5.41, 5.74) is 7.86. The number of likely N-dealkylation sites (tertiary alicyclic amines) is 1. The van der Waals surface area contributed by atoms with Crippen LogP contribution in [0.3, 0.4) is 0 Å². The predicted octanol–water partition coefficient (Wildman–Crippen LogP) is 2.92. The molecule has 1 fully saturated rings. The first-order chi connectivity index (χ1) is 9.52. The third-order valence-electron chi connectivity index (χ3n) is 4.25. The standard InChI is InChI=1S/C16H24N2OS/c1-11-4-5-14(20-3)10-15(11)16(19)18-8-6-13(7-9-18)12(2)17/h4-5,10,12-13H,6-9,17H2,1-3H3. The number of nitrogens with zero attached hydrogens (tertiary/aromatic N) is 1. The smallest absolute Gasteiger partial charge is 0.254 e. The predicted molar refractivity (Wildman–Crippen MR) is 85.2 cm³/mol. The fourth-order valence-corrected chi connectivity index (χ4v) is 3.20. The van der Waals surface area contributed by atoms with Gasteiger partial charge in [-0.1, -0.05) is 6.07 Å². The molecular formula is C16H24N2OS. The molecule has 0 radical (unpaired) electrons. The van der Waals surface area contributed by atoms with Gasteiger partial charge in [0.05, 0.1) is 0 Å². The largest absolute Gasteiger partial charge is 0.339 e. The van der Waals surface area contributed by atoms with E-state index in [1.54, 1.807) is 11.8 Å². The van der Waals surface area contributed by atoms with Gasteiger partial charge in [0, 0.05) is 29.6 Å². The van der Waals surface area contributed by atoms with Gasteiger partial charge in [-0.2, -0.15) is 0 Å². The molecule has 1 atom stereocenters. The fraction of sp³-hybridized carbons (Fsp3) is 0.562. The lowest BCUT2D eigenvalue weighted by Gasteiger charge is -2.34. The normalized spacial score (nSPS) is 18.1. The van der Waals surface area contributed by atoms with E-state index in [-0.39, 0.29) is 11.9 Å². The van der Waals surface area contributed by atoms with Crippen molar-refractivity contribution >= 4 is 17.7 Å². The molecule has 1 unspecified atom stereocenters. The second kappa shape index (κ2) is 6.64. The lowest BCUT2D eigenvalue weighted by atomic mass is 9.90. The monoisotopic (exact) mass is 292 g/mol. The van der Waals surface area contributed by atoms with Crippen LogP contribution in [-0.4, -0.2) is 36.2 Å². The Morgan fingerprint density at radius 2 is 2.05 bits per heavy atom. The first kappa shape index (κ1) is 15.4. The maximum Gasteiger partial charge on any atom is 0.254 e. The number of thioether (sulfide) groups is 1. The van der Waals surface area contributed by atoms with Gasteiger partial charge >= 0.3 is 0 Å². The van der Waals surface area contributed by atoms with Crippen LogP contribution in [-0.2, 0) is 0 Å². The van der Waals surface area contributed by atoms with Crippen molar-refractivity contribution in [1.29, 1.82) is 0 Å². The number of benzene rings is 1. The van der Waals surface area contributed by atoms with Gasteiger partial charge in [-0.25, -0.2) is 0 Å². The molecule has 1 aromatic rings. The summed E-state index contributed by atoms with van der Waals surface area (Å²) in [6.45, 7) is 5.72. The van der Waals surface area contributed by atoms with Crippen molar-refractivity contribution in [3.8, 4) is 0 Å². The van der Waals surface area contributed by atoms with Gasteiger partial charge in [-0.3, -0.25) is 4.79 Å². The number of carbonyl (C=O) groups excluding carboxylic acids is 1. The van der Waals surface area contributed by atoms with Crippen molar-refractivity contribution in [1.82, 2.24) is 4.90 Å². The van der Waals surface area contributed by atoms with E-state index in [0.29, 0.717) is 5.92 Å². The van der Waals surface area contributed by atoms with Crippen molar-refractivity contribution in [2.24, 2.45) is 11.7 Å². The highest BCUT2D eigenvalue weighted by Gasteiger charge is 2.26. The van der Waals surface area contributed by atoms with Crippen LogP contribution in [0.25, 0.3) is 0 Å². The quantitative estimate of drug-likeness (QED) is 0.871. The Bertz CT molecular complexity index is 479. The van der Waals surface area contributed by atoms with Gasteiger partial charge in [0.15, 0.2) is 0 Å². The summed E-state index contributed by atoms with van der Waals surface area (Å²) in [5.74, 6) is 0.721. The molecule has 2 N–H and O–H groups in total. The molecular weight excluding hydrogens is 268 g/mol. The highest BCUT2D eigenvalue weighted by molar-refractivity contribution is 7.98. The zero-order valence-corrected chi connectivity index (χ0v) is 13.4. The van der Waals surface area contributed by atoms with Crippen LogP contribution in [0.15, 0.2) is 23.1 Å². The summed E-state index contributed by atoms with van der Waals surface area (Å²) >= 11 is 1.67. The number of piperidine rings is 1. The van der Waals surface area contributed by atoms with Gasteiger partial charge in [0.25, 0.3) is 5.91 Å². The van der Waals surface area contributed by atoms with E-state index in [1.165, 1.54) is 0 Å². The SMILES string of the molecule is CSc1ccc(C)c(C(=O)N2CCC(C(C)N)CC2)c1. The van der Waals surface area contributed by atoms with Crippen LogP contribution in [0.2, 0.25) is 0 Å². The molecule has 1 aliphatic heterocycles. The Balaban J connectivity index is 2.09. The lowest BCUT2D eigenvalue weighted by Crippen LogP contribution is -2.42. The third-order valence-corrected chi connectivity index (χ3v) is 4.97. The van der Waals surface area contributed by atoms with Crippen LogP contribution >= 0.6 is 11.8 Å². The Labute approximate surface area is 125 Å². The van der Waals surface area contributed by atoms with Crippen LogP contribution in [0.5, 0.6) is 0 Å². The summed E-state index contributed by atoms with van der Waals surface area (Å²) in [7, 11) is 0. The maximum atomic E-state index is 12.7. The minimum absolute atomic E-state index is 0.168. The Kier molecular flexibility index (Phi) is 5.11. The molecule has 4 heteroatoms. The molecule has 1 amide bonds. The number of nitrogens with two attached hydrogens (primary N) is 1. The molecule has 0 saturated carbocycles. The molecule has 0 aromatic heterocycles. The number of carbonyl (C=O) groups is 1. The molecule has 2 rings (SSSR count). The van der Waals surface area contributed by atoms with Crippen molar-refractivity contribution < 1.29 is 4.79 Å². The summed E-state index contributed by atoms with van der Waals surface area (Å²) < 4.78 is 0. The Hall–Kier alpha value is -1.00. The van der Waals surface area contributed by atoms with E-state index in [1.807, 2.05) is 30.2 Å². The second-order valence-corrected chi connectivity index (χ2v) is 6.55. The highest BCUT2D eigenvalue weighted by Crippen LogP contribution is 2.24. The second-order valence-electron chi connectivity index (χ2n) is 5.67. The van der Waals surface area contributed by atoms with Gasteiger partial charge in [-0.15, -0.1) is 11.8 Å². The Morgan fingerprint density at radius 3 is 2.60 bits per heavy atom. The van der Waals surface area contributed by atoms with E-state index < -0.39 is 0 Å². The summed E-state index contributed by atoms with van der Waals surface area (Å²) in [5, 5.41) is 0. The summed E-state index contributed by atoms with van der Waals surface area (Å²) in [6, 6.07) is 6.35. The molecule has 3 nitrogen and oxygen atoms in total. The zero-order chi connectivity index (χ0) is 14.7. The van der Waals surface area contributed by atoms with Gasteiger partial charge < -0.3 is 10.6 Å². The maximum absolute atomic E-state index is 12.7. The molecule has 0 spiro atoms. The van der Waals surface area contributed by atoms with Gasteiger partial charge in [0.2, 0.25) is 0 Å². The fourth-order valence-electron chi connectivity index (χ4n) is 2.76. The van der Waals surface area contributed by atoms with Crippen LogP contribution in [0.1, 0.15) is 35.7 Å². The van der Waals surface area contributed by atoms with Crippen LogP contribution in [0, 0.1) is 12.8 Å². The molecule has 0 bridgehead atoms. The minimum atomic E-state index is 0.168. The number of rotatable bonds is 3. The number of aryl methyl sites for hydroxylation is 1. The summed E-state index contributed by atoms with van der Waals surface area (Å²) in [6.07, 6.45) is 4.07. The minimum Gasteiger partial charge on any atom is -0.339 e. The van der Waals surface area contributed by atoms with Gasteiger partial charge in [-0.05, 0) is 56.6 Å². The summed E-state index contributed by atoms with van der Waals surface area (Å²) in [4.78, 5) is 15.8. The molecule has 0 aliphatic carbocycles. The average molecular weight is 292 g/mol. The average Bonchev–Trinajstić information content (AvgIpc) is 2.47. The first-order valence-electron chi connectivity index (χ1n) is 7.22. The van der Waals surface area contributed by atoms with Crippen LogP contribution < -0.4 is 5.73 Å². The Morgan fingerprint density at radius 1 is 1.40 bits per heavy atom.